The lowest BCUT2D eigenvalue weighted by Gasteiger charge is -2.24. The first-order chi connectivity index (χ1) is 14.0. The van der Waals surface area contributed by atoms with Gasteiger partial charge in [-0.2, -0.15) is 0 Å². The molecule has 0 saturated carbocycles. The third-order valence-corrected chi connectivity index (χ3v) is 6.27. The third-order valence-electron chi connectivity index (χ3n) is 5.98. The van der Waals surface area contributed by atoms with Gasteiger partial charge in [0, 0.05) is 37.2 Å². The maximum Gasteiger partial charge on any atom is 0.276 e. The first-order valence-corrected chi connectivity index (χ1v) is 10.3. The van der Waals surface area contributed by atoms with E-state index in [-0.39, 0.29) is 17.9 Å². The number of nitrogens with zero attached hydrogens (tertiary/aromatic N) is 3. The monoisotopic (exact) mass is 419 g/mol. The maximum atomic E-state index is 12.9. The van der Waals surface area contributed by atoms with Gasteiger partial charge in [0.1, 0.15) is 18.1 Å². The average molecular weight is 420 g/mol. The highest BCUT2D eigenvalue weighted by Crippen LogP contribution is 2.39. The number of amides is 1. The Balaban J connectivity index is 1.35. The molecule has 0 aliphatic carbocycles. The van der Waals surface area contributed by atoms with E-state index in [0.717, 1.165) is 45.6 Å². The van der Waals surface area contributed by atoms with Gasteiger partial charge in [-0.25, -0.2) is 0 Å². The molecule has 7 nitrogen and oxygen atoms in total. The molecule has 0 bridgehead atoms. The highest BCUT2D eigenvalue weighted by Gasteiger charge is 2.44. The van der Waals surface area contributed by atoms with Crippen LogP contribution in [0.1, 0.15) is 36.0 Å². The van der Waals surface area contributed by atoms with Crippen molar-refractivity contribution in [2.75, 3.05) is 39.8 Å². The van der Waals surface area contributed by atoms with E-state index in [2.05, 4.69) is 17.0 Å². The van der Waals surface area contributed by atoms with Gasteiger partial charge in [-0.15, -0.1) is 0 Å². The first kappa shape index (κ1) is 20.0. The van der Waals surface area contributed by atoms with Gasteiger partial charge >= 0.3 is 0 Å². The first-order valence-electron chi connectivity index (χ1n) is 9.95. The lowest BCUT2D eigenvalue weighted by Crippen LogP contribution is -2.34. The van der Waals surface area contributed by atoms with E-state index < -0.39 is 0 Å². The van der Waals surface area contributed by atoms with Crippen LogP contribution in [0, 0.1) is 5.41 Å². The van der Waals surface area contributed by atoms with Gasteiger partial charge in [0.2, 0.25) is 0 Å². The molecule has 2 aliphatic heterocycles. The van der Waals surface area contributed by atoms with Crippen molar-refractivity contribution < 1.29 is 18.8 Å². The number of methoxy groups -OCH3 is 1. The van der Waals surface area contributed by atoms with Gasteiger partial charge in [-0.05, 0) is 38.1 Å². The van der Waals surface area contributed by atoms with Crippen LogP contribution in [-0.4, -0.2) is 60.7 Å². The second-order valence-electron chi connectivity index (χ2n) is 7.86. The van der Waals surface area contributed by atoms with Crippen LogP contribution in [-0.2, 0) is 6.61 Å². The van der Waals surface area contributed by atoms with E-state index in [9.17, 15) is 4.79 Å². The summed E-state index contributed by atoms with van der Waals surface area (Å²) in [5.41, 5.74) is 0.568. The lowest BCUT2D eigenvalue weighted by molar-refractivity contribution is 0.0763. The Morgan fingerprint density at radius 1 is 1.28 bits per heavy atom. The Kier molecular flexibility index (Phi) is 5.69. The summed E-state index contributed by atoms with van der Waals surface area (Å²) < 4.78 is 16.1. The Labute approximate surface area is 175 Å². The second-order valence-corrected chi connectivity index (χ2v) is 8.27. The van der Waals surface area contributed by atoms with Crippen LogP contribution in [0.2, 0.25) is 5.02 Å². The summed E-state index contributed by atoms with van der Waals surface area (Å²) in [6, 6.07) is 6.83. The van der Waals surface area contributed by atoms with Crippen LogP contribution in [0.15, 0.2) is 28.8 Å². The van der Waals surface area contributed by atoms with Crippen molar-refractivity contribution >= 4 is 17.5 Å². The highest BCUT2D eigenvalue weighted by atomic mass is 35.5. The molecule has 1 aromatic carbocycles. The minimum absolute atomic E-state index is 0.0747. The van der Waals surface area contributed by atoms with Crippen LogP contribution in [0.25, 0.3) is 0 Å². The second kappa shape index (κ2) is 8.24. The lowest BCUT2D eigenvalue weighted by atomic mass is 9.86. The fraction of sp³-hybridized carbons (Fsp3) is 0.524. The molecule has 1 aromatic heterocycles. The number of hydrogen-bond acceptors (Lipinski definition) is 6. The molecule has 156 valence electrons. The maximum absolute atomic E-state index is 12.9. The van der Waals surface area contributed by atoms with Crippen molar-refractivity contribution in [1.82, 2.24) is 15.0 Å². The SMILES string of the molecule is CCN1CC[C@@]2(CCN(C(=O)c3cc(COc4ccc(OC)cc4Cl)on3)C2)C1. The highest BCUT2D eigenvalue weighted by molar-refractivity contribution is 6.32. The van der Waals surface area contributed by atoms with Crippen molar-refractivity contribution in [3.05, 3.63) is 40.7 Å². The zero-order chi connectivity index (χ0) is 20.4. The molecule has 1 amide bonds. The molecule has 2 aliphatic rings. The van der Waals surface area contributed by atoms with Crippen LogP contribution >= 0.6 is 11.6 Å². The minimum Gasteiger partial charge on any atom is -0.497 e. The molecule has 2 aromatic rings. The van der Waals surface area contributed by atoms with E-state index in [4.69, 9.17) is 25.6 Å². The summed E-state index contributed by atoms with van der Waals surface area (Å²) in [6.07, 6.45) is 2.21. The van der Waals surface area contributed by atoms with Gasteiger partial charge in [0.05, 0.1) is 12.1 Å². The number of carbonyl (C=O) groups is 1. The minimum atomic E-state index is -0.0747. The number of likely N-dealkylation sites (tertiary alicyclic amines) is 2. The molecule has 0 N–H and O–H groups in total. The summed E-state index contributed by atoms with van der Waals surface area (Å²) in [5.74, 6) is 1.57. The largest absolute Gasteiger partial charge is 0.497 e. The van der Waals surface area contributed by atoms with Crippen LogP contribution < -0.4 is 9.47 Å². The zero-order valence-electron chi connectivity index (χ0n) is 16.8. The number of rotatable bonds is 6. The van der Waals surface area contributed by atoms with Gasteiger partial charge in [0.15, 0.2) is 11.5 Å². The Hall–Kier alpha value is -2.25. The molecule has 4 rings (SSSR count). The zero-order valence-corrected chi connectivity index (χ0v) is 17.6. The number of hydrogen-bond donors (Lipinski definition) is 0. The summed E-state index contributed by atoms with van der Waals surface area (Å²) in [7, 11) is 1.58. The molecule has 1 atom stereocenters. The fourth-order valence-corrected chi connectivity index (χ4v) is 4.48. The fourth-order valence-electron chi connectivity index (χ4n) is 4.26. The summed E-state index contributed by atoms with van der Waals surface area (Å²) >= 11 is 6.18. The molecular formula is C21H26ClN3O4. The molecule has 2 fully saturated rings. The third kappa shape index (κ3) is 4.21. The predicted molar refractivity (Wildman–Crippen MR) is 109 cm³/mol. The quantitative estimate of drug-likeness (QED) is 0.714. The molecular weight excluding hydrogens is 394 g/mol. The van der Waals surface area contributed by atoms with Gasteiger partial charge in [-0.3, -0.25) is 4.79 Å². The number of carbonyl (C=O) groups excluding carboxylic acids is 1. The molecule has 3 heterocycles. The number of benzene rings is 1. The Morgan fingerprint density at radius 3 is 2.83 bits per heavy atom. The van der Waals surface area contributed by atoms with Crippen molar-refractivity contribution in [2.24, 2.45) is 5.41 Å². The predicted octanol–water partition coefficient (Wildman–Crippen LogP) is 3.47. The van der Waals surface area contributed by atoms with Crippen LogP contribution in [0.5, 0.6) is 11.5 Å². The van der Waals surface area contributed by atoms with E-state index in [1.54, 1.807) is 31.4 Å². The van der Waals surface area contributed by atoms with Gasteiger partial charge in [-0.1, -0.05) is 23.7 Å². The van der Waals surface area contributed by atoms with Crippen LogP contribution in [0.4, 0.5) is 0 Å². The summed E-state index contributed by atoms with van der Waals surface area (Å²) in [5, 5.41) is 4.40. The summed E-state index contributed by atoms with van der Waals surface area (Å²) in [6.45, 7) is 7.17. The topological polar surface area (TPSA) is 68.0 Å². The Morgan fingerprint density at radius 2 is 2.10 bits per heavy atom. The molecule has 0 unspecified atom stereocenters. The van der Waals surface area contributed by atoms with Crippen molar-refractivity contribution in [3.63, 3.8) is 0 Å². The van der Waals surface area contributed by atoms with Crippen molar-refractivity contribution in [3.8, 4) is 11.5 Å². The number of halogens is 1. The van der Waals surface area contributed by atoms with Crippen molar-refractivity contribution in [1.29, 1.82) is 0 Å². The summed E-state index contributed by atoms with van der Waals surface area (Å²) in [4.78, 5) is 17.2. The smallest absolute Gasteiger partial charge is 0.276 e. The van der Waals surface area contributed by atoms with Gasteiger partial charge < -0.3 is 23.8 Å². The van der Waals surface area contributed by atoms with E-state index in [1.807, 2.05) is 4.90 Å². The molecule has 8 heteroatoms. The molecule has 2 saturated heterocycles. The standard InChI is InChI=1S/C21H26ClN3O4/c1-3-24-8-6-21(13-24)7-9-25(14-21)20(26)18-11-16(29-23-18)12-28-19-5-4-15(27-2)10-17(19)22/h4-5,10-11H,3,6-9,12-14H2,1-2H3/t21-/m1/s1. The molecule has 0 radical (unpaired) electrons. The number of aromatic nitrogens is 1. The molecule has 29 heavy (non-hydrogen) atoms. The van der Waals surface area contributed by atoms with Gasteiger partial charge in [0.25, 0.3) is 5.91 Å². The average Bonchev–Trinajstić information content (AvgIpc) is 3.47. The van der Waals surface area contributed by atoms with E-state index in [1.165, 1.54) is 0 Å². The van der Waals surface area contributed by atoms with E-state index >= 15 is 0 Å². The normalized spacial score (nSPS) is 21.8. The van der Waals surface area contributed by atoms with Crippen molar-refractivity contribution in [2.45, 2.75) is 26.4 Å². The Bertz CT molecular complexity index is 887. The van der Waals surface area contributed by atoms with E-state index in [0.29, 0.717) is 28.0 Å². The van der Waals surface area contributed by atoms with Crippen LogP contribution in [0.3, 0.4) is 0 Å². The molecule has 1 spiro atoms. The number of ether oxygens (including phenoxy) is 2.